The number of amides is 1. The van der Waals surface area contributed by atoms with Crippen LogP contribution in [0.3, 0.4) is 0 Å². The number of nitrogens with two attached hydrogens (primary N) is 1. The van der Waals surface area contributed by atoms with Crippen molar-refractivity contribution in [1.29, 1.82) is 0 Å². The molecular weight excluding hydrogens is 280 g/mol. The molecule has 0 saturated carbocycles. The summed E-state index contributed by atoms with van der Waals surface area (Å²) in [7, 11) is 0. The topological polar surface area (TPSA) is 55.1 Å². The van der Waals surface area contributed by atoms with E-state index in [1.807, 2.05) is 25.1 Å². The van der Waals surface area contributed by atoms with Gasteiger partial charge in [-0.3, -0.25) is 4.79 Å². The first kappa shape index (κ1) is 15.3. The Hall–Kier alpha value is -2.09. The minimum absolute atomic E-state index is 0.0671. The molecule has 3 nitrogen and oxygen atoms in total. The standard InChI is InChI=1S/C17H18N2OS/c1-12-10-15(7-6-14(12)4-3-9-18)17(20)19-11-16-8-5-13(2)21-16/h5-8,10H,9,11,18H2,1-2H3,(H,19,20). The quantitative estimate of drug-likeness (QED) is 0.856. The van der Waals surface area contributed by atoms with Gasteiger partial charge in [0.15, 0.2) is 0 Å². The molecule has 0 saturated heterocycles. The van der Waals surface area contributed by atoms with Crippen molar-refractivity contribution in [3.63, 3.8) is 0 Å². The molecule has 1 heterocycles. The van der Waals surface area contributed by atoms with Gasteiger partial charge in [0.05, 0.1) is 13.1 Å². The first-order valence-electron chi connectivity index (χ1n) is 6.73. The molecule has 0 aliphatic heterocycles. The Bertz CT molecular complexity index is 707. The van der Waals surface area contributed by atoms with Crippen LogP contribution in [0.15, 0.2) is 30.3 Å². The highest BCUT2D eigenvalue weighted by molar-refractivity contribution is 7.11. The van der Waals surface area contributed by atoms with E-state index in [-0.39, 0.29) is 5.91 Å². The van der Waals surface area contributed by atoms with Crippen molar-refractivity contribution >= 4 is 17.2 Å². The molecule has 108 valence electrons. The lowest BCUT2D eigenvalue weighted by molar-refractivity contribution is 0.0951. The van der Waals surface area contributed by atoms with E-state index in [1.54, 1.807) is 17.4 Å². The molecule has 0 fully saturated rings. The van der Waals surface area contributed by atoms with Crippen LogP contribution in [0.5, 0.6) is 0 Å². The van der Waals surface area contributed by atoms with Gasteiger partial charge in [0.25, 0.3) is 5.91 Å². The van der Waals surface area contributed by atoms with Gasteiger partial charge in [0, 0.05) is 20.9 Å². The third kappa shape index (κ3) is 4.19. The molecule has 0 aliphatic rings. The summed E-state index contributed by atoms with van der Waals surface area (Å²) < 4.78 is 0. The monoisotopic (exact) mass is 298 g/mol. The Morgan fingerprint density at radius 1 is 1.29 bits per heavy atom. The van der Waals surface area contributed by atoms with Crippen LogP contribution in [-0.2, 0) is 6.54 Å². The van der Waals surface area contributed by atoms with Crippen molar-refractivity contribution in [2.24, 2.45) is 5.73 Å². The zero-order chi connectivity index (χ0) is 15.2. The zero-order valence-corrected chi connectivity index (χ0v) is 13.0. The molecule has 0 unspecified atom stereocenters. The van der Waals surface area contributed by atoms with Crippen molar-refractivity contribution in [1.82, 2.24) is 5.32 Å². The molecule has 21 heavy (non-hydrogen) atoms. The molecule has 4 heteroatoms. The fourth-order valence-electron chi connectivity index (χ4n) is 1.94. The van der Waals surface area contributed by atoms with Gasteiger partial charge in [-0.15, -0.1) is 11.3 Å². The van der Waals surface area contributed by atoms with Crippen LogP contribution in [0, 0.1) is 25.7 Å². The van der Waals surface area contributed by atoms with Gasteiger partial charge in [-0.25, -0.2) is 0 Å². The molecule has 3 N–H and O–H groups in total. The number of rotatable bonds is 3. The highest BCUT2D eigenvalue weighted by Crippen LogP contribution is 2.15. The van der Waals surface area contributed by atoms with E-state index in [0.717, 1.165) is 16.0 Å². The number of hydrogen-bond acceptors (Lipinski definition) is 3. The number of hydrogen-bond donors (Lipinski definition) is 2. The van der Waals surface area contributed by atoms with Crippen LogP contribution in [0.1, 0.15) is 31.2 Å². The lowest BCUT2D eigenvalue weighted by Gasteiger charge is -2.06. The lowest BCUT2D eigenvalue weighted by Crippen LogP contribution is -2.22. The van der Waals surface area contributed by atoms with Gasteiger partial charge in [-0.05, 0) is 49.7 Å². The minimum atomic E-state index is -0.0671. The second-order valence-corrected chi connectivity index (χ2v) is 6.10. The van der Waals surface area contributed by atoms with Crippen LogP contribution in [0.2, 0.25) is 0 Å². The van der Waals surface area contributed by atoms with Crippen LogP contribution >= 0.6 is 11.3 Å². The summed E-state index contributed by atoms with van der Waals surface area (Å²) in [6.07, 6.45) is 0. The molecule has 0 atom stereocenters. The van der Waals surface area contributed by atoms with E-state index in [4.69, 9.17) is 5.73 Å². The minimum Gasteiger partial charge on any atom is -0.347 e. The van der Waals surface area contributed by atoms with Gasteiger partial charge >= 0.3 is 0 Å². The number of aryl methyl sites for hydroxylation is 2. The average Bonchev–Trinajstić information content (AvgIpc) is 2.89. The molecule has 0 bridgehead atoms. The Morgan fingerprint density at radius 3 is 2.71 bits per heavy atom. The third-order valence-electron chi connectivity index (χ3n) is 3.03. The van der Waals surface area contributed by atoms with E-state index in [2.05, 4.69) is 30.1 Å². The van der Waals surface area contributed by atoms with E-state index in [9.17, 15) is 4.79 Å². The molecule has 0 spiro atoms. The first-order chi connectivity index (χ1) is 10.1. The normalized spacial score (nSPS) is 9.86. The van der Waals surface area contributed by atoms with Crippen LogP contribution in [-0.4, -0.2) is 12.5 Å². The van der Waals surface area contributed by atoms with Crippen molar-refractivity contribution in [2.45, 2.75) is 20.4 Å². The van der Waals surface area contributed by atoms with E-state index >= 15 is 0 Å². The predicted octanol–water partition coefficient (Wildman–Crippen LogP) is 2.61. The van der Waals surface area contributed by atoms with Gasteiger partial charge in [0.1, 0.15) is 0 Å². The van der Waals surface area contributed by atoms with E-state index in [0.29, 0.717) is 18.7 Å². The lowest BCUT2D eigenvalue weighted by atomic mass is 10.0. The van der Waals surface area contributed by atoms with E-state index in [1.165, 1.54) is 4.88 Å². The van der Waals surface area contributed by atoms with Gasteiger partial charge in [0.2, 0.25) is 0 Å². The second-order valence-electron chi connectivity index (χ2n) is 4.73. The van der Waals surface area contributed by atoms with Gasteiger partial charge in [-0.2, -0.15) is 0 Å². The van der Waals surface area contributed by atoms with Gasteiger partial charge in [-0.1, -0.05) is 11.8 Å². The predicted molar refractivity (Wildman–Crippen MR) is 87.3 cm³/mol. The van der Waals surface area contributed by atoms with Crippen molar-refractivity contribution < 1.29 is 4.79 Å². The average molecular weight is 298 g/mol. The van der Waals surface area contributed by atoms with Crippen LogP contribution in [0.4, 0.5) is 0 Å². The maximum Gasteiger partial charge on any atom is 0.251 e. The largest absolute Gasteiger partial charge is 0.347 e. The number of carbonyl (C=O) groups is 1. The Balaban J connectivity index is 2.04. The van der Waals surface area contributed by atoms with Crippen LogP contribution in [0.25, 0.3) is 0 Å². The summed E-state index contributed by atoms with van der Waals surface area (Å²) in [5, 5.41) is 2.93. The molecule has 1 amide bonds. The molecule has 2 aromatic rings. The summed E-state index contributed by atoms with van der Waals surface area (Å²) in [5.74, 6) is 5.75. The molecule has 2 rings (SSSR count). The number of thiophene rings is 1. The smallest absolute Gasteiger partial charge is 0.251 e. The fraction of sp³-hybridized carbons (Fsp3) is 0.235. The molecule has 1 aromatic heterocycles. The number of nitrogens with one attached hydrogen (secondary N) is 1. The number of benzene rings is 1. The van der Waals surface area contributed by atoms with Crippen molar-refractivity contribution in [2.75, 3.05) is 6.54 Å². The first-order valence-corrected chi connectivity index (χ1v) is 7.55. The van der Waals surface area contributed by atoms with Crippen molar-refractivity contribution in [3.05, 3.63) is 56.8 Å². The zero-order valence-electron chi connectivity index (χ0n) is 12.2. The third-order valence-corrected chi connectivity index (χ3v) is 4.03. The Morgan fingerprint density at radius 2 is 2.10 bits per heavy atom. The molecular formula is C17H18N2OS. The Kier molecular flexibility index (Phi) is 5.15. The van der Waals surface area contributed by atoms with Gasteiger partial charge < -0.3 is 11.1 Å². The van der Waals surface area contributed by atoms with Crippen LogP contribution < -0.4 is 11.1 Å². The SMILES string of the molecule is Cc1ccc(CNC(=O)c2ccc(C#CCN)c(C)c2)s1. The summed E-state index contributed by atoms with van der Waals surface area (Å²) in [6.45, 7) is 4.90. The highest BCUT2D eigenvalue weighted by Gasteiger charge is 2.07. The highest BCUT2D eigenvalue weighted by atomic mass is 32.1. The summed E-state index contributed by atoms with van der Waals surface area (Å²) >= 11 is 1.69. The van der Waals surface area contributed by atoms with Crippen molar-refractivity contribution in [3.8, 4) is 11.8 Å². The summed E-state index contributed by atoms with van der Waals surface area (Å²) in [6, 6.07) is 9.61. The molecule has 0 aliphatic carbocycles. The maximum atomic E-state index is 12.1. The number of carbonyl (C=O) groups excluding carboxylic acids is 1. The molecule has 1 aromatic carbocycles. The molecule has 0 radical (unpaired) electrons. The van der Waals surface area contributed by atoms with E-state index < -0.39 is 0 Å². The Labute approximate surface area is 129 Å². The summed E-state index contributed by atoms with van der Waals surface area (Å²) in [4.78, 5) is 14.5. The maximum absolute atomic E-state index is 12.1. The summed E-state index contributed by atoms with van der Waals surface area (Å²) in [5.41, 5.74) is 7.91. The fourth-order valence-corrected chi connectivity index (χ4v) is 2.77. The second kappa shape index (κ2) is 7.07.